The van der Waals surface area contributed by atoms with E-state index in [1.54, 1.807) is 0 Å². The molecule has 0 saturated carbocycles. The Morgan fingerprint density at radius 3 is 1.56 bits per heavy atom. The molecule has 0 spiro atoms. The van der Waals surface area contributed by atoms with Gasteiger partial charge < -0.3 is 15.1 Å². The minimum Gasteiger partial charge on any atom is -0.437 e. The van der Waals surface area contributed by atoms with Gasteiger partial charge >= 0.3 is 0 Å². The fourth-order valence-corrected chi connectivity index (χ4v) is 5.37. The fraction of sp³-hybridized carbons (Fsp3) is 0.205. The molecule has 43 heavy (non-hydrogen) atoms. The third kappa shape index (κ3) is 5.91. The molecule has 0 aliphatic rings. The maximum Gasteiger partial charge on any atom is 0.229 e. The van der Waals surface area contributed by atoms with Gasteiger partial charge in [0.2, 0.25) is 5.71 Å². The first-order valence-corrected chi connectivity index (χ1v) is 14.9. The summed E-state index contributed by atoms with van der Waals surface area (Å²) in [4.78, 5) is 4.85. The van der Waals surface area contributed by atoms with Gasteiger partial charge in [-0.3, -0.25) is 0 Å². The lowest BCUT2D eigenvalue weighted by atomic mass is 9.87. The highest BCUT2D eigenvalue weighted by atomic mass is 16.3. The molecule has 6 aromatic rings. The molecule has 2 N–H and O–H groups in total. The molecule has 4 heteroatoms. The van der Waals surface area contributed by atoms with E-state index in [0.29, 0.717) is 5.71 Å². The van der Waals surface area contributed by atoms with Crippen molar-refractivity contribution in [2.45, 2.75) is 52.4 Å². The first kappa shape index (κ1) is 28.3. The first-order chi connectivity index (χ1) is 20.6. The monoisotopic (exact) mass is 565 g/mol. The molecule has 0 saturated heterocycles. The van der Waals surface area contributed by atoms with Crippen molar-refractivity contribution >= 4 is 33.8 Å². The minimum absolute atomic E-state index is 0.0734. The Balaban J connectivity index is 1.55. The first-order valence-electron chi connectivity index (χ1n) is 14.9. The summed E-state index contributed by atoms with van der Waals surface area (Å²) in [5.41, 5.74) is 10.2. The number of benzene rings is 4. The Morgan fingerprint density at radius 2 is 1.05 bits per heavy atom. The van der Waals surface area contributed by atoms with Crippen LogP contribution in [0.15, 0.2) is 120 Å². The van der Waals surface area contributed by atoms with E-state index in [9.17, 15) is 0 Å². The molecule has 0 radical (unpaired) electrons. The summed E-state index contributed by atoms with van der Waals surface area (Å²) >= 11 is 0. The van der Waals surface area contributed by atoms with Gasteiger partial charge in [0.1, 0.15) is 5.76 Å². The zero-order valence-corrected chi connectivity index (χ0v) is 25.8. The zero-order chi connectivity index (χ0) is 30.2. The summed E-state index contributed by atoms with van der Waals surface area (Å²) in [6.45, 7) is 13.4. The number of anilines is 4. The highest BCUT2D eigenvalue weighted by Crippen LogP contribution is 2.46. The second kappa shape index (κ2) is 11.1. The average molecular weight is 566 g/mol. The van der Waals surface area contributed by atoms with Crippen molar-refractivity contribution < 1.29 is 4.42 Å². The van der Waals surface area contributed by atoms with Crippen LogP contribution in [0, 0.1) is 0 Å². The van der Waals surface area contributed by atoms with Crippen molar-refractivity contribution in [3.05, 3.63) is 127 Å². The summed E-state index contributed by atoms with van der Waals surface area (Å²) in [6, 6.07) is 38.0. The van der Waals surface area contributed by atoms with Crippen LogP contribution < -0.4 is 10.6 Å². The molecule has 0 unspecified atom stereocenters. The van der Waals surface area contributed by atoms with Crippen molar-refractivity contribution in [2.75, 3.05) is 10.6 Å². The van der Waals surface area contributed by atoms with Crippen molar-refractivity contribution in [1.82, 2.24) is 4.98 Å². The number of rotatable bonds is 6. The summed E-state index contributed by atoms with van der Waals surface area (Å²) in [5.74, 6) is 0.798. The predicted molar refractivity (Wildman–Crippen MR) is 182 cm³/mol. The van der Waals surface area contributed by atoms with Crippen LogP contribution in [-0.2, 0) is 10.8 Å². The van der Waals surface area contributed by atoms with Crippen molar-refractivity contribution in [1.29, 1.82) is 0 Å². The molecule has 4 aromatic carbocycles. The largest absolute Gasteiger partial charge is 0.437 e. The van der Waals surface area contributed by atoms with Crippen LogP contribution in [-0.4, -0.2) is 4.98 Å². The topological polar surface area (TPSA) is 50.1 Å². The molecule has 2 heterocycles. The van der Waals surface area contributed by atoms with E-state index in [4.69, 9.17) is 9.40 Å². The Labute approximate surface area is 254 Å². The van der Waals surface area contributed by atoms with Crippen LogP contribution >= 0.6 is 0 Å². The molecule has 6 rings (SSSR count). The van der Waals surface area contributed by atoms with Crippen molar-refractivity contribution in [2.24, 2.45) is 0 Å². The van der Waals surface area contributed by atoms with Gasteiger partial charge in [-0.25, -0.2) is 4.98 Å². The zero-order valence-electron chi connectivity index (χ0n) is 25.8. The molecule has 0 amide bonds. The maximum absolute atomic E-state index is 6.56. The Kier molecular flexibility index (Phi) is 7.31. The van der Waals surface area contributed by atoms with E-state index in [2.05, 4.69) is 137 Å². The molecule has 0 atom stereocenters. The van der Waals surface area contributed by atoms with Crippen LogP contribution in [0.3, 0.4) is 0 Å². The summed E-state index contributed by atoms with van der Waals surface area (Å²) in [6.07, 6.45) is 1.86. The maximum atomic E-state index is 6.56. The van der Waals surface area contributed by atoms with E-state index in [1.807, 2.05) is 30.5 Å². The molecule has 4 nitrogen and oxygen atoms in total. The fourth-order valence-electron chi connectivity index (χ4n) is 5.37. The molecular weight excluding hydrogens is 526 g/mol. The second-order valence-electron chi connectivity index (χ2n) is 13.2. The molecule has 2 aromatic heterocycles. The third-order valence-electron chi connectivity index (χ3n) is 7.87. The van der Waals surface area contributed by atoms with Crippen LogP contribution in [0.2, 0.25) is 0 Å². The highest BCUT2D eigenvalue weighted by Gasteiger charge is 2.24. The van der Waals surface area contributed by atoms with Gasteiger partial charge in [0.25, 0.3) is 0 Å². The lowest BCUT2D eigenvalue weighted by Gasteiger charge is -2.21. The molecule has 0 aliphatic carbocycles. The number of hydrogen-bond donors (Lipinski definition) is 2. The second-order valence-corrected chi connectivity index (χ2v) is 13.2. The van der Waals surface area contributed by atoms with Crippen LogP contribution in [0.5, 0.6) is 0 Å². The number of aromatic nitrogens is 1. The number of nitrogens with zero attached hydrogens (tertiary/aromatic N) is 1. The average Bonchev–Trinajstić information content (AvgIpc) is 3.39. The number of furan rings is 1. The lowest BCUT2D eigenvalue weighted by Crippen LogP contribution is -2.11. The van der Waals surface area contributed by atoms with E-state index < -0.39 is 0 Å². The van der Waals surface area contributed by atoms with Gasteiger partial charge in [-0.15, -0.1) is 0 Å². The van der Waals surface area contributed by atoms with Crippen LogP contribution in [0.25, 0.3) is 33.6 Å². The van der Waals surface area contributed by atoms with Crippen LogP contribution in [0.4, 0.5) is 22.7 Å². The Hall–Kier alpha value is -4.83. The van der Waals surface area contributed by atoms with Gasteiger partial charge in [-0.1, -0.05) is 126 Å². The van der Waals surface area contributed by atoms with Gasteiger partial charge in [0.05, 0.1) is 23.0 Å². The van der Waals surface area contributed by atoms with Crippen molar-refractivity contribution in [3.63, 3.8) is 0 Å². The van der Waals surface area contributed by atoms with E-state index >= 15 is 0 Å². The smallest absolute Gasteiger partial charge is 0.229 e. The van der Waals surface area contributed by atoms with Gasteiger partial charge in [-0.2, -0.15) is 0 Å². The summed E-state index contributed by atoms with van der Waals surface area (Å²) in [5, 5.41) is 8.35. The van der Waals surface area contributed by atoms with Gasteiger partial charge in [0.15, 0.2) is 0 Å². The Morgan fingerprint density at radius 1 is 0.558 bits per heavy atom. The normalized spacial score (nSPS) is 12.0. The van der Waals surface area contributed by atoms with Crippen molar-refractivity contribution in [3.8, 4) is 22.5 Å². The van der Waals surface area contributed by atoms with Gasteiger partial charge in [0, 0.05) is 22.5 Å². The van der Waals surface area contributed by atoms with E-state index in [-0.39, 0.29) is 10.8 Å². The Bertz CT molecular complexity index is 1840. The van der Waals surface area contributed by atoms with Crippen LogP contribution in [0.1, 0.15) is 52.7 Å². The molecule has 0 fully saturated rings. The van der Waals surface area contributed by atoms with E-state index in [0.717, 1.165) is 50.6 Å². The SMILES string of the molecule is CC(C)(C)c1ccc(Nc2cnc3oc(-c4ccccc4)c(-c4ccccc4)c3c2Nc2ccc(C(C)(C)C)cc2)cc1. The predicted octanol–water partition coefficient (Wildman–Crippen LogP) is 11.2. The standard InChI is InChI=1S/C39H39N3O/c1-38(2,3)28-17-21-30(22-18-28)41-32-25-40-37-34(35(32)42-31-23-19-29(20-24-31)39(4,5)6)33(26-13-9-7-10-14-26)36(43-37)27-15-11-8-12-16-27/h7-25,41H,1-6H3,(H,40,42). The lowest BCUT2D eigenvalue weighted by molar-refractivity contribution is 0.590. The molecule has 0 bridgehead atoms. The number of hydrogen-bond acceptors (Lipinski definition) is 4. The van der Waals surface area contributed by atoms with Gasteiger partial charge in [-0.05, 0) is 51.8 Å². The number of pyridine rings is 1. The number of fused-ring (bicyclic) bond motifs is 1. The quantitative estimate of drug-likeness (QED) is 0.211. The molecule has 216 valence electrons. The summed E-state index contributed by atoms with van der Waals surface area (Å²) in [7, 11) is 0. The minimum atomic E-state index is 0.0734. The molecule has 0 aliphatic heterocycles. The summed E-state index contributed by atoms with van der Waals surface area (Å²) < 4.78 is 6.56. The number of nitrogens with one attached hydrogen (secondary N) is 2. The molecular formula is C39H39N3O. The third-order valence-corrected chi connectivity index (χ3v) is 7.87. The van der Waals surface area contributed by atoms with E-state index in [1.165, 1.54) is 11.1 Å². The highest BCUT2D eigenvalue weighted by molar-refractivity contribution is 6.11.